The number of benzene rings is 1. The van der Waals surface area contributed by atoms with E-state index in [1.54, 1.807) is 18.2 Å². The molecule has 0 aromatic heterocycles. The molecule has 0 aliphatic heterocycles. The van der Waals surface area contributed by atoms with Gasteiger partial charge in [-0.15, -0.1) is 0 Å². The topological polar surface area (TPSA) is 43.4 Å². The second kappa shape index (κ2) is 12.0. The highest BCUT2D eigenvalue weighted by atomic mass is 16.5. The molecule has 0 saturated heterocycles. The van der Waals surface area contributed by atoms with Gasteiger partial charge in [0.05, 0.1) is 5.56 Å². The van der Waals surface area contributed by atoms with Crippen molar-refractivity contribution < 1.29 is 14.3 Å². The van der Waals surface area contributed by atoms with Crippen LogP contribution >= 0.6 is 0 Å². The van der Waals surface area contributed by atoms with Crippen LogP contribution in [0.2, 0.25) is 0 Å². The fourth-order valence-corrected chi connectivity index (χ4v) is 2.29. The van der Waals surface area contributed by atoms with Gasteiger partial charge in [-0.25, -0.2) is 4.79 Å². The molecule has 3 heteroatoms. The van der Waals surface area contributed by atoms with E-state index < -0.39 is 0 Å². The van der Waals surface area contributed by atoms with Crippen molar-refractivity contribution in [2.75, 3.05) is 6.61 Å². The van der Waals surface area contributed by atoms with Crippen LogP contribution in [0.15, 0.2) is 65.3 Å². The molecule has 0 saturated carbocycles. The van der Waals surface area contributed by atoms with E-state index in [2.05, 4.69) is 19.1 Å². The molecule has 0 fully saturated rings. The molecule has 0 heterocycles. The first-order valence-electron chi connectivity index (χ1n) is 8.67. The van der Waals surface area contributed by atoms with Gasteiger partial charge in [0, 0.05) is 0 Å². The minimum Gasteiger partial charge on any atom is -0.458 e. The number of carbonyl (C=O) groups is 2. The molecule has 0 spiro atoms. The molecule has 0 amide bonds. The lowest BCUT2D eigenvalue weighted by Gasteiger charge is -2.05. The summed E-state index contributed by atoms with van der Waals surface area (Å²) in [6, 6.07) is 9.02. The van der Waals surface area contributed by atoms with Gasteiger partial charge in [0.15, 0.2) is 0 Å². The van der Waals surface area contributed by atoms with Gasteiger partial charge in [-0.05, 0) is 70.2 Å². The van der Waals surface area contributed by atoms with Crippen LogP contribution in [0.3, 0.4) is 0 Å². The molecule has 1 aromatic carbocycles. The number of rotatable bonds is 10. The zero-order valence-electron chi connectivity index (χ0n) is 15.5. The number of hydrogen-bond donors (Lipinski definition) is 0. The molecule has 25 heavy (non-hydrogen) atoms. The third-order valence-corrected chi connectivity index (χ3v) is 3.86. The fraction of sp³-hybridized carbons (Fsp3) is 0.364. The van der Waals surface area contributed by atoms with E-state index in [9.17, 15) is 9.59 Å². The smallest absolute Gasteiger partial charge is 0.338 e. The Bertz CT molecular complexity index is 636. The largest absolute Gasteiger partial charge is 0.458 e. The van der Waals surface area contributed by atoms with Gasteiger partial charge in [0.2, 0.25) is 0 Å². The summed E-state index contributed by atoms with van der Waals surface area (Å²) in [7, 11) is 0. The maximum absolute atomic E-state index is 11.9. The van der Waals surface area contributed by atoms with Gasteiger partial charge in [0.25, 0.3) is 0 Å². The number of carbonyl (C=O) groups excluding carboxylic acids is 2. The molecule has 0 unspecified atom stereocenters. The molecule has 0 bridgehead atoms. The predicted octanol–water partition coefficient (Wildman–Crippen LogP) is 5.44. The Morgan fingerprint density at radius 3 is 2.16 bits per heavy atom. The minimum absolute atomic E-state index is 0.289. The first kappa shape index (κ1) is 20.6. The Hall–Kier alpha value is -2.42. The van der Waals surface area contributed by atoms with Gasteiger partial charge in [-0.3, -0.25) is 4.79 Å². The van der Waals surface area contributed by atoms with Crippen LogP contribution in [0.1, 0.15) is 56.8 Å². The number of allylic oxidation sites excluding steroid dienone is 5. The van der Waals surface area contributed by atoms with Crippen molar-refractivity contribution in [2.45, 2.75) is 46.5 Å². The van der Waals surface area contributed by atoms with Crippen LogP contribution in [0.5, 0.6) is 0 Å². The highest BCUT2D eigenvalue weighted by Crippen LogP contribution is 2.11. The Morgan fingerprint density at radius 2 is 1.52 bits per heavy atom. The molecule has 1 aromatic rings. The highest BCUT2D eigenvalue weighted by molar-refractivity contribution is 5.89. The average molecular weight is 340 g/mol. The van der Waals surface area contributed by atoms with Crippen LogP contribution in [0.4, 0.5) is 0 Å². The van der Waals surface area contributed by atoms with Gasteiger partial charge in [-0.1, -0.05) is 41.5 Å². The first-order valence-corrected chi connectivity index (χ1v) is 8.67. The lowest BCUT2D eigenvalue weighted by Crippen LogP contribution is -2.06. The SMILES string of the molecule is CC(=CC=O)CCC=C(C)CCC=C(C)COC(=O)c1ccccc1. The summed E-state index contributed by atoms with van der Waals surface area (Å²) in [5, 5.41) is 0. The molecular formula is C22H28O3. The summed E-state index contributed by atoms with van der Waals surface area (Å²) in [4.78, 5) is 22.2. The van der Waals surface area contributed by atoms with Crippen LogP contribution in [0, 0.1) is 0 Å². The summed E-state index contributed by atoms with van der Waals surface area (Å²) >= 11 is 0. The summed E-state index contributed by atoms with van der Waals surface area (Å²) in [6.45, 7) is 6.40. The van der Waals surface area contributed by atoms with Gasteiger partial charge >= 0.3 is 5.97 Å². The molecule has 0 atom stereocenters. The van der Waals surface area contributed by atoms with Gasteiger partial charge in [0.1, 0.15) is 12.9 Å². The lowest BCUT2D eigenvalue weighted by atomic mass is 10.1. The highest BCUT2D eigenvalue weighted by Gasteiger charge is 2.05. The summed E-state index contributed by atoms with van der Waals surface area (Å²) in [5.74, 6) is -0.289. The number of ether oxygens (including phenoxy) is 1. The molecule has 0 N–H and O–H groups in total. The van der Waals surface area contributed by atoms with E-state index in [-0.39, 0.29) is 5.97 Å². The Morgan fingerprint density at radius 1 is 0.920 bits per heavy atom. The third-order valence-electron chi connectivity index (χ3n) is 3.86. The quantitative estimate of drug-likeness (QED) is 0.246. The monoisotopic (exact) mass is 340 g/mol. The van der Waals surface area contributed by atoms with Crippen molar-refractivity contribution in [1.29, 1.82) is 0 Å². The first-order chi connectivity index (χ1) is 12.0. The second-order valence-electron chi connectivity index (χ2n) is 6.27. The molecular weight excluding hydrogens is 312 g/mol. The Kier molecular flexibility index (Phi) is 9.91. The van der Waals surface area contributed by atoms with Crippen LogP contribution < -0.4 is 0 Å². The van der Waals surface area contributed by atoms with E-state index in [0.717, 1.165) is 43.1 Å². The maximum atomic E-state index is 11.9. The van der Waals surface area contributed by atoms with E-state index in [1.807, 2.05) is 32.0 Å². The molecule has 0 aliphatic rings. The van der Waals surface area contributed by atoms with Crippen molar-refractivity contribution in [3.63, 3.8) is 0 Å². The van der Waals surface area contributed by atoms with E-state index in [4.69, 9.17) is 4.74 Å². The van der Waals surface area contributed by atoms with Crippen molar-refractivity contribution >= 4 is 12.3 Å². The Balaban J connectivity index is 2.29. The number of esters is 1. The van der Waals surface area contributed by atoms with Crippen molar-refractivity contribution in [2.24, 2.45) is 0 Å². The van der Waals surface area contributed by atoms with Crippen molar-refractivity contribution in [3.8, 4) is 0 Å². The molecule has 3 nitrogen and oxygen atoms in total. The summed E-state index contributed by atoms with van der Waals surface area (Å²) < 4.78 is 5.31. The number of hydrogen-bond acceptors (Lipinski definition) is 3. The maximum Gasteiger partial charge on any atom is 0.338 e. The van der Waals surface area contributed by atoms with Crippen molar-refractivity contribution in [1.82, 2.24) is 0 Å². The minimum atomic E-state index is -0.289. The average Bonchev–Trinajstić information content (AvgIpc) is 2.60. The zero-order valence-corrected chi connectivity index (χ0v) is 15.5. The molecule has 134 valence electrons. The Labute approximate surface area is 151 Å². The summed E-state index contributed by atoms with van der Waals surface area (Å²) in [5.41, 5.74) is 4.08. The second-order valence-corrected chi connectivity index (χ2v) is 6.27. The van der Waals surface area contributed by atoms with Crippen LogP contribution in [0.25, 0.3) is 0 Å². The fourth-order valence-electron chi connectivity index (χ4n) is 2.29. The molecule has 0 aliphatic carbocycles. The van der Waals surface area contributed by atoms with E-state index >= 15 is 0 Å². The third kappa shape index (κ3) is 9.46. The van der Waals surface area contributed by atoms with Gasteiger partial charge < -0.3 is 4.74 Å². The van der Waals surface area contributed by atoms with E-state index in [0.29, 0.717) is 12.2 Å². The number of aldehydes is 1. The van der Waals surface area contributed by atoms with Gasteiger partial charge in [-0.2, -0.15) is 0 Å². The lowest BCUT2D eigenvalue weighted by molar-refractivity contribution is -0.104. The van der Waals surface area contributed by atoms with Crippen molar-refractivity contribution in [3.05, 3.63) is 70.8 Å². The molecule has 1 rings (SSSR count). The van der Waals surface area contributed by atoms with Crippen LogP contribution in [-0.4, -0.2) is 18.9 Å². The normalized spacial score (nSPS) is 12.8. The summed E-state index contributed by atoms with van der Waals surface area (Å²) in [6.07, 6.45) is 10.6. The predicted molar refractivity (Wildman–Crippen MR) is 103 cm³/mol. The zero-order chi connectivity index (χ0) is 18.5. The van der Waals surface area contributed by atoms with Crippen LogP contribution in [-0.2, 0) is 9.53 Å². The molecule has 0 radical (unpaired) electrons. The standard InChI is InChI=1S/C22H28O3/c1-18(9-7-11-19(2)15-16-23)10-8-12-20(3)17-25-22(24)21-13-5-4-6-14-21/h4-6,9,12-16H,7-8,10-11,17H2,1-3H3. The van der Waals surface area contributed by atoms with E-state index in [1.165, 1.54) is 5.57 Å².